The molecular weight excluding hydrogens is 460 g/mol. The van der Waals surface area contributed by atoms with Crippen molar-refractivity contribution in [3.63, 3.8) is 0 Å². The first-order valence-electron chi connectivity index (χ1n) is 14.6. The Bertz CT molecular complexity index is 266. The van der Waals surface area contributed by atoms with Crippen LogP contribution in [0.15, 0.2) is 0 Å². The van der Waals surface area contributed by atoms with E-state index in [-0.39, 0.29) is 13.8 Å². The van der Waals surface area contributed by atoms with Gasteiger partial charge in [0.05, 0.1) is 0 Å². The van der Waals surface area contributed by atoms with E-state index in [9.17, 15) is 0 Å². The Balaban J connectivity index is -0.0000000677. The van der Waals surface area contributed by atoms with Crippen molar-refractivity contribution >= 4 is 0 Å². The summed E-state index contributed by atoms with van der Waals surface area (Å²) in [5.74, 6) is 3.50. The lowest BCUT2D eigenvalue weighted by Crippen LogP contribution is -1.93. The third-order valence-corrected chi connectivity index (χ3v) is 5.97. The largest absolute Gasteiger partial charge is 0.412 e. The van der Waals surface area contributed by atoms with Gasteiger partial charge in [-0.3, -0.25) is 10.4 Å². The highest BCUT2D eigenvalue weighted by atomic mass is 16.7. The number of aliphatic hydroxyl groups is 1. The van der Waals surface area contributed by atoms with Gasteiger partial charge in [0.1, 0.15) is 0 Å². The van der Waals surface area contributed by atoms with Gasteiger partial charge in [-0.05, 0) is 6.42 Å². The number of nitrogens with two attached hydrogens (primary N) is 1. The Morgan fingerprint density at radius 3 is 0.694 bits per heavy atom. The molecular formula is C28H74N2O6. The molecule has 0 aromatic carbocycles. The molecule has 11 N–H and O–H groups in total. The summed E-state index contributed by atoms with van der Waals surface area (Å²) < 4.78 is 0. The van der Waals surface area contributed by atoms with Gasteiger partial charge in [-0.25, -0.2) is 5.90 Å². The van der Waals surface area contributed by atoms with Crippen molar-refractivity contribution in [1.29, 1.82) is 0 Å². The highest BCUT2D eigenvalue weighted by molar-refractivity contribution is 4.49. The van der Waals surface area contributed by atoms with Gasteiger partial charge in [0.25, 0.3) is 0 Å². The minimum atomic E-state index is 0. The first-order valence-corrected chi connectivity index (χ1v) is 14.6. The third kappa shape index (κ3) is 69.9. The van der Waals surface area contributed by atoms with Crippen molar-refractivity contribution in [3.05, 3.63) is 0 Å². The number of aliphatic hydroxyl groups excluding tert-OH is 1. The number of rotatable bonds is 23. The second-order valence-electron chi connectivity index (χ2n) is 9.25. The number of unbranched alkanes of at least 4 members (excludes halogenated alkanes) is 22. The molecule has 0 unspecified atom stereocenters. The molecule has 0 fully saturated rings. The monoisotopic (exact) mass is 535 g/mol. The molecule has 232 valence electrons. The Morgan fingerprint density at radius 1 is 0.417 bits per heavy atom. The van der Waals surface area contributed by atoms with Crippen molar-refractivity contribution < 1.29 is 34.5 Å². The van der Waals surface area contributed by atoms with E-state index in [0.717, 1.165) is 12.1 Å². The van der Waals surface area contributed by atoms with Gasteiger partial charge in [0, 0.05) is 9.46 Å². The van der Waals surface area contributed by atoms with Gasteiger partial charge in [0.15, 0.2) is 0 Å². The molecule has 0 atom stereocenters. The van der Waals surface area contributed by atoms with E-state index in [4.69, 9.17) is 20.7 Å². The van der Waals surface area contributed by atoms with Crippen molar-refractivity contribution in [1.82, 2.24) is 5.64 Å². The van der Waals surface area contributed by atoms with Crippen molar-refractivity contribution in [2.75, 3.05) is 6.61 Å². The zero-order valence-corrected chi connectivity index (χ0v) is 24.5. The number of hydrogen-bond acceptors (Lipinski definition) is 6. The molecule has 0 aromatic rings. The van der Waals surface area contributed by atoms with Gasteiger partial charge in [-0.1, -0.05) is 174 Å². The molecule has 8 heteroatoms. The number of nitrogens with one attached hydrogen (secondary N) is 1. The zero-order chi connectivity index (χ0) is 26.4. The quantitative estimate of drug-likeness (QED) is 0.0571. The van der Waals surface area contributed by atoms with Crippen LogP contribution in [0.1, 0.15) is 178 Å². The third-order valence-electron chi connectivity index (χ3n) is 5.97. The van der Waals surface area contributed by atoms with Crippen LogP contribution in [-0.2, 0) is 0 Å². The molecule has 36 heavy (non-hydrogen) atoms. The summed E-state index contributed by atoms with van der Waals surface area (Å²) in [6, 6.07) is 0. The van der Waals surface area contributed by atoms with Gasteiger partial charge in [-0.15, -0.1) is 0 Å². The molecule has 0 saturated heterocycles. The summed E-state index contributed by atoms with van der Waals surface area (Å²) in [6.45, 7) is 7.19. The Labute approximate surface area is 227 Å². The van der Waals surface area contributed by atoms with Crippen molar-refractivity contribution in [2.45, 2.75) is 175 Å². The molecule has 0 aliphatic rings. The van der Waals surface area contributed by atoms with Crippen LogP contribution >= 0.6 is 0 Å². The normalized spacial score (nSPS) is 9.33. The molecule has 0 aromatic heterocycles. The fourth-order valence-corrected chi connectivity index (χ4v) is 3.87. The molecule has 0 heterocycles. The lowest BCUT2D eigenvalue weighted by molar-refractivity contribution is -0.0678. The molecule has 0 aliphatic carbocycles. The second-order valence-corrected chi connectivity index (χ2v) is 9.25. The first-order chi connectivity index (χ1) is 16.7. The fraction of sp³-hybridized carbons (Fsp3) is 1.00. The van der Waals surface area contributed by atoms with E-state index in [1.807, 2.05) is 0 Å². The van der Waals surface area contributed by atoms with Crippen LogP contribution in [-0.4, -0.2) is 38.3 Å². The standard InChI is InChI=1S/C19H40.C9H20O.H3NO2.H3NO.2H2O.2H2/c1-3-5-7-9-11-13-15-17-19-18-16-14-12-10-8-6-4-2;1-2-3-4-5-6-7-8-9-10;2-1-3;1-2;;;;/h3-19H2,1-2H3;10H,2-9H2,1H3;1-3H;2H,1H2;2*1H2;2*1H. The van der Waals surface area contributed by atoms with Crippen LogP contribution in [0.4, 0.5) is 0 Å². The average molecular weight is 535 g/mol. The Morgan fingerprint density at radius 2 is 0.556 bits per heavy atom. The maximum absolute atomic E-state index is 8.47. The zero-order valence-electron chi connectivity index (χ0n) is 24.5. The molecule has 0 aliphatic heterocycles. The van der Waals surface area contributed by atoms with Crippen LogP contribution < -0.4 is 11.5 Å². The summed E-state index contributed by atoms with van der Waals surface area (Å²) >= 11 is 0. The first kappa shape index (κ1) is 48.7. The summed E-state index contributed by atoms with van der Waals surface area (Å²) in [5.41, 5.74) is 0.750. The molecule has 0 radical (unpaired) electrons. The Kier molecular flexibility index (Phi) is 80.7. The van der Waals surface area contributed by atoms with E-state index in [1.165, 1.54) is 148 Å². The SMILES string of the molecule is CCCCCCCCCCCCCCCCCCC.CCCCCCCCCO.NO.O.O.ONO.[HH].[HH]. The Hall–Kier alpha value is -0.320. The fourth-order valence-electron chi connectivity index (χ4n) is 3.87. The van der Waals surface area contributed by atoms with Crippen LogP contribution in [0.5, 0.6) is 0 Å². The maximum Gasteiger partial charge on any atom is 0.0431 e. The minimum absolute atomic E-state index is 0. The summed E-state index contributed by atoms with van der Waals surface area (Å²) in [4.78, 5) is 0. The van der Waals surface area contributed by atoms with Gasteiger partial charge in [-0.2, -0.15) is 0 Å². The topological polar surface area (TPSA) is 182 Å². The molecule has 0 bridgehead atoms. The maximum atomic E-state index is 8.47. The van der Waals surface area contributed by atoms with Crippen LogP contribution in [0.25, 0.3) is 0 Å². The second kappa shape index (κ2) is 59.7. The molecule has 0 amide bonds. The predicted molar refractivity (Wildman–Crippen MR) is 159 cm³/mol. The lowest BCUT2D eigenvalue weighted by Gasteiger charge is -2.03. The van der Waals surface area contributed by atoms with Gasteiger partial charge < -0.3 is 21.3 Å². The van der Waals surface area contributed by atoms with Crippen LogP contribution in [0.3, 0.4) is 0 Å². The average Bonchev–Trinajstić information content (AvgIpc) is 2.86. The highest BCUT2D eigenvalue weighted by Gasteiger charge is 1.94. The van der Waals surface area contributed by atoms with Gasteiger partial charge >= 0.3 is 0 Å². The van der Waals surface area contributed by atoms with Crippen molar-refractivity contribution in [2.24, 2.45) is 5.90 Å². The van der Waals surface area contributed by atoms with E-state index in [2.05, 4.69) is 26.7 Å². The summed E-state index contributed by atoms with van der Waals surface area (Å²) in [6.07, 6.45) is 33.8. The summed E-state index contributed by atoms with van der Waals surface area (Å²) in [7, 11) is 0. The number of hydrogen-bond donors (Lipinski definition) is 6. The van der Waals surface area contributed by atoms with Crippen LogP contribution in [0, 0.1) is 0 Å². The van der Waals surface area contributed by atoms with E-state index < -0.39 is 0 Å². The molecule has 0 spiro atoms. The minimum Gasteiger partial charge on any atom is -0.412 e. The lowest BCUT2D eigenvalue weighted by atomic mass is 10.0. The molecule has 8 nitrogen and oxygen atoms in total. The smallest absolute Gasteiger partial charge is 0.0431 e. The van der Waals surface area contributed by atoms with Crippen molar-refractivity contribution in [3.8, 4) is 0 Å². The molecule has 0 saturated carbocycles. The van der Waals surface area contributed by atoms with E-state index in [1.54, 1.807) is 0 Å². The summed E-state index contributed by atoms with van der Waals surface area (Å²) in [5, 5.41) is 28.7. The van der Waals surface area contributed by atoms with E-state index >= 15 is 0 Å². The highest BCUT2D eigenvalue weighted by Crippen LogP contribution is 2.13. The van der Waals surface area contributed by atoms with Crippen LogP contribution in [0.2, 0.25) is 0 Å². The molecule has 0 rings (SSSR count). The predicted octanol–water partition coefficient (Wildman–Crippen LogP) is 7.92. The van der Waals surface area contributed by atoms with Gasteiger partial charge in [0.2, 0.25) is 0 Å². The van der Waals surface area contributed by atoms with E-state index in [0.29, 0.717) is 6.61 Å².